The monoisotopic (exact) mass is 405 g/mol. The Morgan fingerprint density at radius 3 is 2.40 bits per heavy atom. The van der Waals surface area contributed by atoms with E-state index < -0.39 is 16.4 Å². The average Bonchev–Trinajstić information content (AvgIpc) is 3.23. The first-order chi connectivity index (χ1) is 11.9. The molecular weight excluding hydrogens is 394 g/mol. The highest BCUT2D eigenvalue weighted by Crippen LogP contribution is 2.52. The third-order valence-corrected chi connectivity index (χ3v) is 5.50. The molecule has 2 bridgehead atoms. The van der Waals surface area contributed by atoms with E-state index in [0.29, 0.717) is 4.47 Å². The first-order valence-corrected chi connectivity index (χ1v) is 8.45. The Hall–Kier alpha value is -2.55. The zero-order valence-corrected chi connectivity index (χ0v) is 14.3. The van der Waals surface area contributed by atoms with Gasteiger partial charge in [0.25, 0.3) is 11.8 Å². The molecule has 4 rings (SSSR count). The van der Waals surface area contributed by atoms with E-state index in [1.807, 2.05) is 12.2 Å². The summed E-state index contributed by atoms with van der Waals surface area (Å²) >= 11 is 3.12. The Kier molecular flexibility index (Phi) is 3.50. The number of nitrogens with zero attached hydrogens (tertiary/aromatic N) is 3. The zero-order valence-electron chi connectivity index (χ0n) is 12.7. The molecule has 1 heterocycles. The molecule has 2 fully saturated rings. The molecular formula is C16H12BrN3O5. The highest BCUT2D eigenvalue weighted by atomic mass is 79.9. The highest BCUT2D eigenvalue weighted by molar-refractivity contribution is 9.10. The lowest BCUT2D eigenvalue weighted by Crippen LogP contribution is -2.28. The smallest absolute Gasteiger partial charge is 0.312 e. The number of phenolic OH excluding ortho intramolecular Hbond substituents is 1. The zero-order chi connectivity index (χ0) is 17.9. The summed E-state index contributed by atoms with van der Waals surface area (Å²) in [5, 5.41) is 25.7. The van der Waals surface area contributed by atoms with Crippen LogP contribution in [0.5, 0.6) is 5.75 Å². The Morgan fingerprint density at radius 1 is 1.24 bits per heavy atom. The summed E-state index contributed by atoms with van der Waals surface area (Å²) < 4.78 is 0.372. The molecule has 1 aromatic carbocycles. The molecule has 1 saturated carbocycles. The van der Waals surface area contributed by atoms with Gasteiger partial charge in [-0.3, -0.25) is 19.7 Å². The van der Waals surface area contributed by atoms with E-state index in [1.54, 1.807) is 0 Å². The van der Waals surface area contributed by atoms with Crippen molar-refractivity contribution in [1.82, 2.24) is 5.01 Å². The molecule has 1 aromatic rings. The molecule has 0 radical (unpaired) electrons. The number of allylic oxidation sites excluding steroid dienone is 2. The molecule has 128 valence electrons. The lowest BCUT2D eigenvalue weighted by Gasteiger charge is -2.13. The Labute approximate surface area is 150 Å². The van der Waals surface area contributed by atoms with Crippen LogP contribution in [0.25, 0.3) is 0 Å². The van der Waals surface area contributed by atoms with Crippen molar-refractivity contribution in [2.24, 2.45) is 28.8 Å². The number of rotatable bonds is 3. The predicted molar refractivity (Wildman–Crippen MR) is 89.6 cm³/mol. The van der Waals surface area contributed by atoms with E-state index in [2.05, 4.69) is 21.0 Å². The fourth-order valence-corrected chi connectivity index (χ4v) is 4.43. The van der Waals surface area contributed by atoms with Crippen molar-refractivity contribution >= 4 is 39.6 Å². The molecule has 2 aliphatic carbocycles. The van der Waals surface area contributed by atoms with E-state index in [4.69, 9.17) is 0 Å². The van der Waals surface area contributed by atoms with Gasteiger partial charge in [0.1, 0.15) is 0 Å². The van der Waals surface area contributed by atoms with Gasteiger partial charge in [-0.05, 0) is 24.3 Å². The quantitative estimate of drug-likeness (QED) is 0.272. The van der Waals surface area contributed by atoms with Crippen molar-refractivity contribution in [1.29, 1.82) is 0 Å². The number of carbonyl (C=O) groups is 2. The lowest BCUT2D eigenvalue weighted by molar-refractivity contribution is -0.385. The van der Waals surface area contributed by atoms with Gasteiger partial charge in [0.05, 0.1) is 23.0 Å². The first-order valence-electron chi connectivity index (χ1n) is 7.65. The number of hydrogen-bond donors (Lipinski definition) is 1. The second-order valence-corrected chi connectivity index (χ2v) is 7.27. The molecule has 1 aliphatic heterocycles. The summed E-state index contributed by atoms with van der Waals surface area (Å²) in [5.41, 5.74) is -0.450. The maximum atomic E-state index is 12.5. The van der Waals surface area contributed by atoms with Crippen molar-refractivity contribution in [2.75, 3.05) is 0 Å². The van der Waals surface area contributed by atoms with Crippen LogP contribution in [0.2, 0.25) is 0 Å². The van der Waals surface area contributed by atoms with Gasteiger partial charge in [-0.25, -0.2) is 0 Å². The van der Waals surface area contributed by atoms with Crippen LogP contribution < -0.4 is 0 Å². The van der Waals surface area contributed by atoms with Crippen LogP contribution in [-0.2, 0) is 9.59 Å². The fraction of sp³-hybridized carbons (Fsp3) is 0.312. The minimum atomic E-state index is -0.725. The van der Waals surface area contributed by atoms with Crippen LogP contribution in [0, 0.1) is 33.8 Å². The largest absolute Gasteiger partial charge is 0.502 e. The number of hydrogen-bond acceptors (Lipinski definition) is 6. The maximum Gasteiger partial charge on any atom is 0.312 e. The second kappa shape index (κ2) is 5.48. The summed E-state index contributed by atoms with van der Waals surface area (Å²) in [7, 11) is 0. The first kappa shape index (κ1) is 15.9. The molecule has 2 amide bonds. The van der Waals surface area contributed by atoms with Crippen molar-refractivity contribution < 1.29 is 19.6 Å². The van der Waals surface area contributed by atoms with Crippen LogP contribution >= 0.6 is 15.9 Å². The van der Waals surface area contributed by atoms with Crippen LogP contribution in [0.1, 0.15) is 12.0 Å². The summed E-state index contributed by atoms with van der Waals surface area (Å²) in [5.74, 6) is -1.87. The fourth-order valence-electron chi connectivity index (χ4n) is 3.96. The molecule has 25 heavy (non-hydrogen) atoms. The van der Waals surface area contributed by atoms with Gasteiger partial charge in [-0.2, -0.15) is 10.1 Å². The predicted octanol–water partition coefficient (Wildman–Crippen LogP) is 2.20. The van der Waals surface area contributed by atoms with Gasteiger partial charge < -0.3 is 5.11 Å². The number of aromatic hydroxyl groups is 1. The standard InChI is InChI=1S/C16H12BrN3O5/c17-10-4-9(14(21)11(5-10)20(24)25)6-18-19-15(22)12-7-1-2-8(3-7)13(12)16(19)23/h1-2,4-8,12-13,21H,3H2/b18-6+/t7-,8+,12-,13-/m0/s1. The van der Waals surface area contributed by atoms with Gasteiger partial charge in [0.15, 0.2) is 0 Å². The number of nitro benzene ring substituents is 1. The molecule has 4 atom stereocenters. The Morgan fingerprint density at radius 2 is 1.84 bits per heavy atom. The van der Waals surface area contributed by atoms with Crippen molar-refractivity contribution in [2.45, 2.75) is 6.42 Å². The van der Waals surface area contributed by atoms with E-state index in [0.717, 1.165) is 23.7 Å². The Bertz CT molecular complexity index is 851. The molecule has 3 aliphatic rings. The molecule has 0 spiro atoms. The van der Waals surface area contributed by atoms with Gasteiger partial charge in [-0.1, -0.05) is 28.1 Å². The van der Waals surface area contributed by atoms with Crippen molar-refractivity contribution in [3.63, 3.8) is 0 Å². The highest BCUT2D eigenvalue weighted by Gasteiger charge is 2.59. The topological polar surface area (TPSA) is 113 Å². The third-order valence-electron chi connectivity index (χ3n) is 5.04. The minimum absolute atomic E-state index is 0.0415. The number of imide groups is 1. The van der Waals surface area contributed by atoms with Gasteiger partial charge in [0.2, 0.25) is 5.75 Å². The maximum absolute atomic E-state index is 12.5. The molecule has 1 N–H and O–H groups in total. The summed E-state index contributed by atoms with van der Waals surface area (Å²) in [6.07, 6.45) is 5.88. The number of halogens is 1. The molecule has 9 heteroatoms. The van der Waals surface area contributed by atoms with Crippen LogP contribution in [0.3, 0.4) is 0 Å². The van der Waals surface area contributed by atoms with Crippen LogP contribution in [-0.4, -0.2) is 33.1 Å². The number of hydrazone groups is 1. The second-order valence-electron chi connectivity index (χ2n) is 6.35. The normalized spacial score (nSPS) is 29.9. The summed E-state index contributed by atoms with van der Waals surface area (Å²) in [6, 6.07) is 2.58. The van der Waals surface area contributed by atoms with E-state index in [1.165, 1.54) is 6.07 Å². The van der Waals surface area contributed by atoms with Crippen molar-refractivity contribution in [3.8, 4) is 5.75 Å². The SMILES string of the molecule is O=C1[C@@H]2[C@@H](C(=O)N1/N=C/c1cc(Br)cc([N+](=O)[O-])c1O)[C@H]1C=C[C@@H]2C1. The summed E-state index contributed by atoms with van der Waals surface area (Å²) in [6.45, 7) is 0. The minimum Gasteiger partial charge on any atom is -0.502 e. The lowest BCUT2D eigenvalue weighted by atomic mass is 9.85. The number of phenols is 1. The third kappa shape index (κ3) is 2.30. The van der Waals surface area contributed by atoms with E-state index >= 15 is 0 Å². The van der Waals surface area contributed by atoms with E-state index in [-0.39, 0.29) is 41.0 Å². The average molecular weight is 406 g/mol. The van der Waals surface area contributed by atoms with Crippen LogP contribution in [0.15, 0.2) is 33.9 Å². The molecule has 0 unspecified atom stereocenters. The molecule has 0 aromatic heterocycles. The van der Waals surface area contributed by atoms with Gasteiger partial charge in [-0.15, -0.1) is 0 Å². The van der Waals surface area contributed by atoms with E-state index in [9.17, 15) is 24.8 Å². The molecule has 8 nitrogen and oxygen atoms in total. The number of fused-ring (bicyclic) bond motifs is 5. The van der Waals surface area contributed by atoms with Crippen LogP contribution in [0.4, 0.5) is 5.69 Å². The van der Waals surface area contributed by atoms with Gasteiger partial charge in [0, 0.05) is 16.1 Å². The summed E-state index contributed by atoms with van der Waals surface area (Å²) in [4.78, 5) is 35.3. The molecule has 1 saturated heterocycles. The number of benzene rings is 1. The Balaban J connectivity index is 1.64. The number of carbonyl (C=O) groups excluding carboxylic acids is 2. The number of amides is 2. The van der Waals surface area contributed by atoms with Gasteiger partial charge >= 0.3 is 5.69 Å². The van der Waals surface area contributed by atoms with Crippen molar-refractivity contribution in [3.05, 3.63) is 44.4 Å². The number of nitro groups is 1.